The summed E-state index contributed by atoms with van der Waals surface area (Å²) in [5, 5.41) is 54.6. The Labute approximate surface area is 426 Å². The van der Waals surface area contributed by atoms with Gasteiger partial charge in [0.2, 0.25) is 5.91 Å². The first-order chi connectivity index (χ1) is 33.8. The van der Waals surface area contributed by atoms with Crippen molar-refractivity contribution in [2.24, 2.45) is 0 Å². The highest BCUT2D eigenvalue weighted by Crippen LogP contribution is 2.23. The summed E-state index contributed by atoms with van der Waals surface area (Å²) in [5.74, 6) is -0.156. The summed E-state index contributed by atoms with van der Waals surface area (Å²) < 4.78 is 11.3. The topological polar surface area (TPSA) is 149 Å². The number of unbranched alkanes of at least 4 members (excludes halogenated alkanes) is 38. The summed E-state index contributed by atoms with van der Waals surface area (Å²) >= 11 is 0. The van der Waals surface area contributed by atoms with Crippen molar-refractivity contribution in [2.45, 2.75) is 339 Å². The van der Waals surface area contributed by atoms with Gasteiger partial charge in [-0.1, -0.05) is 276 Å². The second-order valence-corrected chi connectivity index (χ2v) is 21.1. The van der Waals surface area contributed by atoms with Gasteiger partial charge >= 0.3 is 0 Å². The van der Waals surface area contributed by atoms with E-state index in [-0.39, 0.29) is 12.5 Å². The van der Waals surface area contributed by atoms with Crippen LogP contribution in [0.15, 0.2) is 24.3 Å². The average Bonchev–Trinajstić information content (AvgIpc) is 3.35. The standard InChI is InChI=1S/C60H115NO8/c1-3-5-7-9-11-13-15-17-18-19-20-21-22-23-24-25-26-27-28-29-30-31-32-33-34-35-36-38-39-41-43-45-47-49-54(63)53(52-68-60-59(67)58(66)57(65)55(51-62)69-60)61-56(64)50-48-46-44-42-40-37-16-14-12-10-8-6-4-2/h8,10,14,16,53-55,57-60,62-63,65-67H,3-7,9,11-13,15,17-52H2,1-2H3,(H,61,64)/b10-8-,16-14-. The van der Waals surface area contributed by atoms with Gasteiger partial charge in [-0.05, 0) is 38.5 Å². The fourth-order valence-electron chi connectivity index (χ4n) is 9.79. The second-order valence-electron chi connectivity index (χ2n) is 21.1. The van der Waals surface area contributed by atoms with E-state index in [1.807, 2.05) is 0 Å². The van der Waals surface area contributed by atoms with E-state index in [2.05, 4.69) is 43.5 Å². The van der Waals surface area contributed by atoms with E-state index in [0.29, 0.717) is 12.8 Å². The molecule has 6 N–H and O–H groups in total. The third-order valence-corrected chi connectivity index (χ3v) is 14.5. The fraction of sp³-hybridized carbons (Fsp3) is 0.917. The van der Waals surface area contributed by atoms with Crippen LogP contribution in [-0.2, 0) is 14.3 Å². The first-order valence-electron chi connectivity index (χ1n) is 30.0. The van der Waals surface area contributed by atoms with Crippen molar-refractivity contribution in [3.63, 3.8) is 0 Å². The van der Waals surface area contributed by atoms with E-state index in [1.165, 1.54) is 199 Å². The van der Waals surface area contributed by atoms with Gasteiger partial charge < -0.3 is 40.3 Å². The Morgan fingerprint density at radius 3 is 1.30 bits per heavy atom. The molecule has 69 heavy (non-hydrogen) atoms. The fourth-order valence-corrected chi connectivity index (χ4v) is 9.79. The molecule has 9 nitrogen and oxygen atoms in total. The summed E-state index contributed by atoms with van der Waals surface area (Å²) in [5.41, 5.74) is 0. The molecule has 0 aromatic rings. The number of aliphatic hydroxyl groups is 5. The van der Waals surface area contributed by atoms with Gasteiger partial charge in [-0.2, -0.15) is 0 Å². The molecule has 1 amide bonds. The Morgan fingerprint density at radius 1 is 0.493 bits per heavy atom. The van der Waals surface area contributed by atoms with E-state index in [1.54, 1.807) is 0 Å². The van der Waals surface area contributed by atoms with Gasteiger partial charge in [0.15, 0.2) is 6.29 Å². The predicted molar refractivity (Wildman–Crippen MR) is 290 cm³/mol. The number of allylic oxidation sites excluding steroid dienone is 4. The van der Waals surface area contributed by atoms with Crippen molar-refractivity contribution in [2.75, 3.05) is 13.2 Å². The molecule has 7 unspecified atom stereocenters. The van der Waals surface area contributed by atoms with Crippen molar-refractivity contribution >= 4 is 5.91 Å². The van der Waals surface area contributed by atoms with Crippen molar-refractivity contribution in [3.8, 4) is 0 Å². The Balaban J connectivity index is 2.09. The van der Waals surface area contributed by atoms with Crippen LogP contribution >= 0.6 is 0 Å². The van der Waals surface area contributed by atoms with Gasteiger partial charge in [-0.15, -0.1) is 0 Å². The van der Waals surface area contributed by atoms with Crippen molar-refractivity contribution in [1.29, 1.82) is 0 Å². The number of hydrogen-bond donors (Lipinski definition) is 6. The highest BCUT2D eigenvalue weighted by Gasteiger charge is 2.44. The summed E-state index contributed by atoms with van der Waals surface area (Å²) in [4.78, 5) is 13.0. The molecule has 0 bridgehead atoms. The number of carbonyl (C=O) groups excluding carboxylic acids is 1. The van der Waals surface area contributed by atoms with Gasteiger partial charge in [-0.3, -0.25) is 4.79 Å². The molecule has 0 aromatic carbocycles. The van der Waals surface area contributed by atoms with Crippen LogP contribution in [0.1, 0.15) is 296 Å². The zero-order valence-corrected chi connectivity index (χ0v) is 45.3. The van der Waals surface area contributed by atoms with Gasteiger partial charge in [0.25, 0.3) is 0 Å². The molecule has 0 aliphatic carbocycles. The Kier molecular flexibility index (Phi) is 47.8. The molecule has 0 aromatic heterocycles. The lowest BCUT2D eigenvalue weighted by molar-refractivity contribution is -0.302. The first-order valence-corrected chi connectivity index (χ1v) is 30.0. The molecular weight excluding hydrogens is 863 g/mol. The molecule has 1 aliphatic heterocycles. The Bertz CT molecular complexity index is 1130. The molecule has 9 heteroatoms. The van der Waals surface area contributed by atoms with E-state index in [0.717, 1.165) is 70.6 Å². The Morgan fingerprint density at radius 2 is 0.884 bits per heavy atom. The van der Waals surface area contributed by atoms with Crippen LogP contribution in [0.5, 0.6) is 0 Å². The zero-order chi connectivity index (χ0) is 50.1. The van der Waals surface area contributed by atoms with E-state index in [9.17, 15) is 30.3 Å². The molecule has 1 rings (SSSR count). The van der Waals surface area contributed by atoms with Crippen molar-refractivity contribution < 1.29 is 39.8 Å². The summed E-state index contributed by atoms with van der Waals surface area (Å²) in [6, 6.07) is -0.725. The molecule has 408 valence electrons. The predicted octanol–water partition coefficient (Wildman–Crippen LogP) is 15.0. The number of rotatable bonds is 52. The van der Waals surface area contributed by atoms with Crippen LogP contribution in [-0.4, -0.2) is 87.5 Å². The van der Waals surface area contributed by atoms with Crippen LogP contribution in [0.2, 0.25) is 0 Å². The minimum absolute atomic E-state index is 0.142. The maximum atomic E-state index is 13.0. The highest BCUT2D eigenvalue weighted by atomic mass is 16.7. The van der Waals surface area contributed by atoms with Gasteiger partial charge in [0.05, 0.1) is 25.4 Å². The third-order valence-electron chi connectivity index (χ3n) is 14.5. The van der Waals surface area contributed by atoms with Crippen LogP contribution in [0.3, 0.4) is 0 Å². The number of nitrogens with one attached hydrogen (secondary N) is 1. The monoisotopic (exact) mass is 978 g/mol. The van der Waals surface area contributed by atoms with E-state index in [4.69, 9.17) is 9.47 Å². The van der Waals surface area contributed by atoms with Crippen LogP contribution in [0.25, 0.3) is 0 Å². The lowest BCUT2D eigenvalue weighted by atomic mass is 9.99. The largest absolute Gasteiger partial charge is 0.394 e. The van der Waals surface area contributed by atoms with E-state index < -0.39 is 49.5 Å². The number of aliphatic hydroxyl groups excluding tert-OH is 5. The molecule has 0 spiro atoms. The molecule has 0 radical (unpaired) electrons. The second kappa shape index (κ2) is 50.2. The highest BCUT2D eigenvalue weighted by molar-refractivity contribution is 5.76. The zero-order valence-electron chi connectivity index (χ0n) is 45.3. The third kappa shape index (κ3) is 39.8. The van der Waals surface area contributed by atoms with Crippen LogP contribution < -0.4 is 5.32 Å². The van der Waals surface area contributed by atoms with Crippen LogP contribution in [0.4, 0.5) is 0 Å². The first kappa shape index (κ1) is 65.7. The van der Waals surface area contributed by atoms with E-state index >= 15 is 0 Å². The summed E-state index contributed by atoms with van der Waals surface area (Å²) in [6.07, 6.45) is 56.7. The summed E-state index contributed by atoms with van der Waals surface area (Å²) in [6.45, 7) is 3.79. The smallest absolute Gasteiger partial charge is 0.220 e. The lowest BCUT2D eigenvalue weighted by Gasteiger charge is -2.40. The van der Waals surface area contributed by atoms with Crippen molar-refractivity contribution in [3.05, 3.63) is 24.3 Å². The molecule has 7 atom stereocenters. The van der Waals surface area contributed by atoms with Gasteiger partial charge in [-0.25, -0.2) is 0 Å². The molecule has 1 saturated heterocycles. The van der Waals surface area contributed by atoms with Gasteiger partial charge in [0.1, 0.15) is 24.4 Å². The molecule has 1 heterocycles. The van der Waals surface area contributed by atoms with Gasteiger partial charge in [0, 0.05) is 6.42 Å². The number of carbonyl (C=O) groups is 1. The minimum atomic E-state index is -1.56. The van der Waals surface area contributed by atoms with Crippen LogP contribution in [0, 0.1) is 0 Å². The maximum Gasteiger partial charge on any atom is 0.220 e. The Hall–Kier alpha value is -1.33. The number of ether oxygens (including phenoxy) is 2. The summed E-state index contributed by atoms with van der Waals surface area (Å²) in [7, 11) is 0. The minimum Gasteiger partial charge on any atom is -0.394 e. The maximum absolute atomic E-state index is 13.0. The molecular formula is C60H115NO8. The number of hydrogen-bond acceptors (Lipinski definition) is 8. The quantitative estimate of drug-likeness (QED) is 0.0261. The molecule has 1 aliphatic rings. The average molecular weight is 979 g/mol. The number of amides is 1. The SMILES string of the molecule is CCC/C=C\C/C=C\CCCCCCCC(=O)NC(COC1OC(CO)C(O)C(O)C1O)C(O)CCCCCCCCCCCCCCCCCCCCCCCCCCCCCCCCCCC. The normalized spacial score (nSPS) is 19.6. The lowest BCUT2D eigenvalue weighted by Crippen LogP contribution is -2.60. The van der Waals surface area contributed by atoms with Crippen molar-refractivity contribution in [1.82, 2.24) is 5.32 Å². The molecule has 0 saturated carbocycles. The molecule has 1 fully saturated rings.